The van der Waals surface area contributed by atoms with Crippen molar-refractivity contribution < 1.29 is 4.79 Å². The van der Waals surface area contributed by atoms with Gasteiger partial charge in [-0.25, -0.2) is 14.8 Å². The van der Waals surface area contributed by atoms with Gasteiger partial charge in [-0.2, -0.15) is 0 Å². The Balaban J connectivity index is 2.31. The highest BCUT2D eigenvalue weighted by Gasteiger charge is 2.02. The van der Waals surface area contributed by atoms with Gasteiger partial charge in [0.05, 0.1) is 6.54 Å². The Morgan fingerprint density at radius 3 is 2.64 bits per heavy atom. The molecule has 0 bridgehead atoms. The van der Waals surface area contributed by atoms with Gasteiger partial charge in [0.15, 0.2) is 0 Å². The van der Waals surface area contributed by atoms with Gasteiger partial charge in [0.25, 0.3) is 0 Å². The Kier molecular flexibility index (Phi) is 3.84. The van der Waals surface area contributed by atoms with E-state index in [0.717, 1.165) is 0 Å². The molecule has 0 aromatic carbocycles. The molecule has 1 rings (SSSR count). The second kappa shape index (κ2) is 5.16. The monoisotopic (exact) mass is 194 g/mol. The van der Waals surface area contributed by atoms with Crippen molar-refractivity contribution in [3.05, 3.63) is 24.3 Å². The first kappa shape index (κ1) is 10.4. The zero-order valence-electron chi connectivity index (χ0n) is 8.32. The smallest absolute Gasteiger partial charge is 0.315 e. The van der Waals surface area contributed by atoms with Crippen LogP contribution in [0.4, 0.5) is 4.79 Å². The molecule has 0 aliphatic carbocycles. The summed E-state index contributed by atoms with van der Waals surface area (Å²) in [7, 11) is 0. The number of nitrogens with one attached hydrogen (secondary N) is 2. The molecular formula is C9H14N4O. The number of nitrogens with zero attached hydrogens (tertiary/aromatic N) is 2. The molecular weight excluding hydrogens is 180 g/mol. The highest BCUT2D eigenvalue weighted by atomic mass is 16.2. The highest BCUT2D eigenvalue weighted by Crippen LogP contribution is 1.86. The van der Waals surface area contributed by atoms with Crippen molar-refractivity contribution in [3.8, 4) is 0 Å². The molecule has 0 radical (unpaired) electrons. The Morgan fingerprint density at radius 2 is 2.07 bits per heavy atom. The molecule has 0 spiro atoms. The van der Waals surface area contributed by atoms with E-state index in [1.165, 1.54) is 0 Å². The van der Waals surface area contributed by atoms with E-state index >= 15 is 0 Å². The molecule has 5 nitrogen and oxygen atoms in total. The maximum atomic E-state index is 11.1. The van der Waals surface area contributed by atoms with Gasteiger partial charge in [-0.15, -0.1) is 0 Å². The zero-order valence-corrected chi connectivity index (χ0v) is 8.32. The summed E-state index contributed by atoms with van der Waals surface area (Å²) in [6.45, 7) is 4.15. The summed E-state index contributed by atoms with van der Waals surface area (Å²) >= 11 is 0. The molecule has 1 aromatic heterocycles. The van der Waals surface area contributed by atoms with Gasteiger partial charge in [-0.1, -0.05) is 0 Å². The quantitative estimate of drug-likeness (QED) is 0.743. The number of rotatable bonds is 3. The standard InChI is InChI=1S/C9H14N4O/c1-7(2)13-9(14)12-6-8-10-4-3-5-11-8/h3-5,7H,6H2,1-2H3,(H2,12,13,14). The van der Waals surface area contributed by atoms with Crippen LogP contribution in [-0.2, 0) is 6.54 Å². The molecule has 2 N–H and O–H groups in total. The van der Waals surface area contributed by atoms with Crippen LogP contribution < -0.4 is 10.6 Å². The Hall–Kier alpha value is -1.65. The number of carbonyl (C=O) groups excluding carboxylic acids is 1. The molecule has 1 aromatic rings. The third-order valence-electron chi connectivity index (χ3n) is 1.45. The average Bonchev–Trinajstić information content (AvgIpc) is 2.15. The van der Waals surface area contributed by atoms with E-state index in [0.29, 0.717) is 12.4 Å². The highest BCUT2D eigenvalue weighted by molar-refractivity contribution is 5.73. The molecule has 0 fully saturated rings. The first-order valence-electron chi connectivity index (χ1n) is 4.48. The fourth-order valence-electron chi connectivity index (χ4n) is 0.894. The minimum Gasteiger partial charge on any atom is -0.336 e. The topological polar surface area (TPSA) is 66.9 Å². The van der Waals surface area contributed by atoms with E-state index in [9.17, 15) is 4.79 Å². The van der Waals surface area contributed by atoms with Gasteiger partial charge < -0.3 is 10.6 Å². The van der Waals surface area contributed by atoms with Crippen LogP contribution in [0, 0.1) is 0 Å². The van der Waals surface area contributed by atoms with Crippen LogP contribution >= 0.6 is 0 Å². The molecule has 2 amide bonds. The normalized spacial score (nSPS) is 9.93. The van der Waals surface area contributed by atoms with E-state index in [-0.39, 0.29) is 12.1 Å². The number of carbonyl (C=O) groups is 1. The number of hydrogen-bond donors (Lipinski definition) is 2. The molecule has 0 saturated carbocycles. The lowest BCUT2D eigenvalue weighted by Crippen LogP contribution is -2.39. The number of hydrogen-bond acceptors (Lipinski definition) is 3. The van der Waals surface area contributed by atoms with Gasteiger partial charge in [0, 0.05) is 18.4 Å². The van der Waals surface area contributed by atoms with Crippen LogP contribution in [0.1, 0.15) is 19.7 Å². The van der Waals surface area contributed by atoms with Crippen molar-refractivity contribution in [1.29, 1.82) is 0 Å². The van der Waals surface area contributed by atoms with Crippen LogP contribution in [0.3, 0.4) is 0 Å². The molecule has 5 heteroatoms. The summed E-state index contributed by atoms with van der Waals surface area (Å²) in [6.07, 6.45) is 3.29. The first-order valence-corrected chi connectivity index (χ1v) is 4.48. The van der Waals surface area contributed by atoms with E-state index in [4.69, 9.17) is 0 Å². The first-order chi connectivity index (χ1) is 6.68. The summed E-state index contributed by atoms with van der Waals surface area (Å²) in [6, 6.07) is 1.66. The van der Waals surface area contributed by atoms with Gasteiger partial charge in [0.2, 0.25) is 0 Å². The average molecular weight is 194 g/mol. The second-order valence-corrected chi connectivity index (χ2v) is 3.15. The van der Waals surface area contributed by atoms with Crippen molar-refractivity contribution >= 4 is 6.03 Å². The van der Waals surface area contributed by atoms with Crippen molar-refractivity contribution in [2.24, 2.45) is 0 Å². The lowest BCUT2D eigenvalue weighted by molar-refractivity contribution is 0.238. The van der Waals surface area contributed by atoms with E-state index in [1.54, 1.807) is 18.5 Å². The Labute approximate surface area is 83.0 Å². The number of urea groups is 1. The molecule has 0 atom stereocenters. The van der Waals surface area contributed by atoms with Gasteiger partial charge in [-0.05, 0) is 19.9 Å². The van der Waals surface area contributed by atoms with Crippen LogP contribution in [0.5, 0.6) is 0 Å². The SMILES string of the molecule is CC(C)NC(=O)NCc1ncccn1. The fraction of sp³-hybridized carbons (Fsp3) is 0.444. The summed E-state index contributed by atoms with van der Waals surface area (Å²) in [5.41, 5.74) is 0. The molecule has 14 heavy (non-hydrogen) atoms. The molecule has 0 aliphatic heterocycles. The molecule has 76 valence electrons. The van der Waals surface area contributed by atoms with Crippen molar-refractivity contribution in [1.82, 2.24) is 20.6 Å². The summed E-state index contributed by atoms with van der Waals surface area (Å²) in [5.74, 6) is 0.603. The number of aromatic nitrogens is 2. The molecule has 0 saturated heterocycles. The minimum absolute atomic E-state index is 0.131. The maximum Gasteiger partial charge on any atom is 0.315 e. The van der Waals surface area contributed by atoms with Gasteiger partial charge in [0.1, 0.15) is 5.82 Å². The van der Waals surface area contributed by atoms with Crippen molar-refractivity contribution in [3.63, 3.8) is 0 Å². The minimum atomic E-state index is -0.201. The van der Waals surface area contributed by atoms with Crippen molar-refractivity contribution in [2.45, 2.75) is 26.4 Å². The van der Waals surface area contributed by atoms with Gasteiger partial charge in [-0.3, -0.25) is 0 Å². The third-order valence-corrected chi connectivity index (χ3v) is 1.45. The lowest BCUT2D eigenvalue weighted by Gasteiger charge is -2.08. The largest absolute Gasteiger partial charge is 0.336 e. The fourth-order valence-corrected chi connectivity index (χ4v) is 0.894. The number of amides is 2. The Morgan fingerprint density at radius 1 is 1.43 bits per heavy atom. The van der Waals surface area contributed by atoms with Crippen LogP contribution in [-0.4, -0.2) is 22.0 Å². The lowest BCUT2D eigenvalue weighted by atomic mass is 10.4. The van der Waals surface area contributed by atoms with Crippen LogP contribution in [0.25, 0.3) is 0 Å². The van der Waals surface area contributed by atoms with Gasteiger partial charge >= 0.3 is 6.03 Å². The third kappa shape index (κ3) is 3.84. The van der Waals surface area contributed by atoms with Crippen molar-refractivity contribution in [2.75, 3.05) is 0 Å². The van der Waals surface area contributed by atoms with E-state index < -0.39 is 0 Å². The van der Waals surface area contributed by atoms with Crippen LogP contribution in [0.15, 0.2) is 18.5 Å². The predicted octanol–water partition coefficient (Wildman–Crippen LogP) is 0.684. The Bertz CT molecular complexity index is 286. The summed E-state index contributed by atoms with van der Waals surface area (Å²) < 4.78 is 0. The van der Waals surface area contributed by atoms with E-state index in [1.807, 2.05) is 13.8 Å². The zero-order chi connectivity index (χ0) is 10.4. The summed E-state index contributed by atoms with van der Waals surface area (Å²) in [5, 5.41) is 5.36. The predicted molar refractivity (Wildman–Crippen MR) is 52.5 cm³/mol. The molecule has 0 unspecified atom stereocenters. The maximum absolute atomic E-state index is 11.1. The molecule has 1 heterocycles. The second-order valence-electron chi connectivity index (χ2n) is 3.15. The van der Waals surface area contributed by atoms with E-state index in [2.05, 4.69) is 20.6 Å². The molecule has 0 aliphatic rings. The summed E-state index contributed by atoms with van der Waals surface area (Å²) in [4.78, 5) is 19.1. The van der Waals surface area contributed by atoms with Crippen LogP contribution in [0.2, 0.25) is 0 Å².